The fourth-order valence-electron chi connectivity index (χ4n) is 2.64. The standard InChI is InChI=1S/C15H18N2O3S/c1-10-9-21-15(16-10)11-2-4-17(5-3-11)7-12-6-13(18)14(19)8-20-12/h6,8-9,11,19H,2-5,7H2,1H3. The van der Waals surface area contributed by atoms with Crippen LogP contribution in [0.2, 0.25) is 0 Å². The quantitative estimate of drug-likeness (QED) is 0.943. The highest BCUT2D eigenvalue weighted by Crippen LogP contribution is 2.30. The minimum absolute atomic E-state index is 0.336. The van der Waals surface area contributed by atoms with Crippen LogP contribution in [0.1, 0.15) is 35.2 Å². The van der Waals surface area contributed by atoms with E-state index in [-0.39, 0.29) is 11.2 Å². The first-order valence-electron chi connectivity index (χ1n) is 7.07. The summed E-state index contributed by atoms with van der Waals surface area (Å²) in [5, 5.41) is 12.5. The van der Waals surface area contributed by atoms with Crippen LogP contribution in [0.15, 0.2) is 26.9 Å². The first kappa shape index (κ1) is 14.3. The highest BCUT2D eigenvalue weighted by atomic mass is 32.1. The molecule has 112 valence electrons. The van der Waals surface area contributed by atoms with Gasteiger partial charge in [-0.3, -0.25) is 9.69 Å². The van der Waals surface area contributed by atoms with Crippen LogP contribution in [-0.2, 0) is 6.54 Å². The van der Waals surface area contributed by atoms with Gasteiger partial charge in [0.15, 0.2) is 5.75 Å². The van der Waals surface area contributed by atoms with Crippen LogP contribution in [0.4, 0.5) is 0 Å². The zero-order valence-corrected chi connectivity index (χ0v) is 12.7. The molecule has 0 amide bonds. The lowest BCUT2D eigenvalue weighted by Crippen LogP contribution is -2.32. The molecule has 21 heavy (non-hydrogen) atoms. The molecule has 1 aliphatic rings. The van der Waals surface area contributed by atoms with E-state index < -0.39 is 0 Å². The number of likely N-dealkylation sites (tertiary alicyclic amines) is 1. The molecular formula is C15H18N2O3S. The Hall–Kier alpha value is -1.66. The second-order valence-electron chi connectivity index (χ2n) is 5.47. The maximum absolute atomic E-state index is 11.4. The van der Waals surface area contributed by atoms with E-state index in [2.05, 4.69) is 15.3 Å². The van der Waals surface area contributed by atoms with Gasteiger partial charge in [0.1, 0.15) is 12.0 Å². The Balaban J connectivity index is 1.58. The van der Waals surface area contributed by atoms with Crippen LogP contribution in [-0.4, -0.2) is 28.1 Å². The molecule has 1 aliphatic heterocycles. The molecule has 0 aliphatic carbocycles. The van der Waals surface area contributed by atoms with Crippen LogP contribution < -0.4 is 5.43 Å². The molecule has 0 saturated carbocycles. The fourth-order valence-corrected chi connectivity index (χ4v) is 3.61. The summed E-state index contributed by atoms with van der Waals surface area (Å²) in [6.45, 7) is 4.57. The van der Waals surface area contributed by atoms with Crippen molar-refractivity contribution in [2.75, 3.05) is 13.1 Å². The molecular weight excluding hydrogens is 288 g/mol. The number of hydrogen-bond acceptors (Lipinski definition) is 6. The topological polar surface area (TPSA) is 66.6 Å². The lowest BCUT2D eigenvalue weighted by atomic mass is 9.97. The van der Waals surface area contributed by atoms with E-state index in [9.17, 15) is 9.90 Å². The second kappa shape index (κ2) is 5.99. The summed E-state index contributed by atoms with van der Waals surface area (Å²) in [5.74, 6) is 0.810. The van der Waals surface area contributed by atoms with Crippen molar-refractivity contribution in [1.82, 2.24) is 9.88 Å². The van der Waals surface area contributed by atoms with Crippen molar-refractivity contribution in [2.45, 2.75) is 32.2 Å². The predicted molar refractivity (Wildman–Crippen MR) is 80.7 cm³/mol. The van der Waals surface area contributed by atoms with E-state index in [1.54, 1.807) is 11.3 Å². The largest absolute Gasteiger partial charge is 0.502 e. The lowest BCUT2D eigenvalue weighted by molar-refractivity contribution is 0.188. The number of hydrogen-bond donors (Lipinski definition) is 1. The molecule has 1 fully saturated rings. The lowest BCUT2D eigenvalue weighted by Gasteiger charge is -2.30. The summed E-state index contributed by atoms with van der Waals surface area (Å²) >= 11 is 1.75. The van der Waals surface area contributed by atoms with Gasteiger partial charge in [-0.25, -0.2) is 4.98 Å². The summed E-state index contributed by atoms with van der Waals surface area (Å²) in [5.41, 5.74) is 0.715. The molecule has 0 spiro atoms. The van der Waals surface area contributed by atoms with Crippen molar-refractivity contribution in [3.63, 3.8) is 0 Å². The van der Waals surface area contributed by atoms with E-state index in [0.717, 1.165) is 37.9 Å². The summed E-state index contributed by atoms with van der Waals surface area (Å²) < 4.78 is 5.25. The highest BCUT2D eigenvalue weighted by Gasteiger charge is 2.23. The Bertz CT molecular complexity index is 672. The van der Waals surface area contributed by atoms with Crippen molar-refractivity contribution in [3.8, 4) is 5.75 Å². The average Bonchev–Trinajstić information content (AvgIpc) is 2.90. The maximum atomic E-state index is 11.4. The molecule has 0 aromatic carbocycles. The fraction of sp³-hybridized carbons (Fsp3) is 0.467. The van der Waals surface area contributed by atoms with Crippen LogP contribution in [0.5, 0.6) is 5.75 Å². The molecule has 2 aromatic heterocycles. The number of aromatic hydroxyl groups is 1. The molecule has 0 radical (unpaired) electrons. The molecule has 2 aromatic rings. The third-order valence-corrected chi connectivity index (χ3v) is 4.94. The molecule has 1 saturated heterocycles. The van der Waals surface area contributed by atoms with Gasteiger partial charge in [-0.2, -0.15) is 0 Å². The van der Waals surface area contributed by atoms with E-state index >= 15 is 0 Å². The number of rotatable bonds is 3. The van der Waals surface area contributed by atoms with Crippen molar-refractivity contribution < 1.29 is 9.52 Å². The Kier molecular flexibility index (Phi) is 4.07. The highest BCUT2D eigenvalue weighted by molar-refractivity contribution is 7.09. The Morgan fingerprint density at radius 2 is 2.24 bits per heavy atom. The molecule has 3 rings (SSSR count). The van der Waals surface area contributed by atoms with Crippen molar-refractivity contribution in [3.05, 3.63) is 44.4 Å². The third kappa shape index (κ3) is 3.33. The zero-order chi connectivity index (χ0) is 14.8. The number of aryl methyl sites for hydroxylation is 1. The van der Waals surface area contributed by atoms with Gasteiger partial charge in [0.05, 0.1) is 11.6 Å². The molecule has 6 heteroatoms. The number of aromatic nitrogens is 1. The minimum Gasteiger partial charge on any atom is -0.502 e. The van der Waals surface area contributed by atoms with Gasteiger partial charge in [-0.05, 0) is 32.9 Å². The molecule has 0 atom stereocenters. The van der Waals surface area contributed by atoms with Crippen LogP contribution in [0.25, 0.3) is 0 Å². The van der Waals surface area contributed by atoms with Crippen LogP contribution in [0.3, 0.4) is 0 Å². The van der Waals surface area contributed by atoms with E-state index in [0.29, 0.717) is 18.2 Å². The van der Waals surface area contributed by atoms with Crippen LogP contribution >= 0.6 is 11.3 Å². The Labute approximate surface area is 126 Å². The van der Waals surface area contributed by atoms with Gasteiger partial charge in [0, 0.05) is 23.1 Å². The SMILES string of the molecule is Cc1csc(C2CCN(Cc3cc(=O)c(O)co3)CC2)n1. The van der Waals surface area contributed by atoms with Gasteiger partial charge in [0.25, 0.3) is 0 Å². The van der Waals surface area contributed by atoms with E-state index in [1.807, 2.05) is 6.92 Å². The normalized spacial score (nSPS) is 17.2. The van der Waals surface area contributed by atoms with Crippen molar-refractivity contribution >= 4 is 11.3 Å². The molecule has 0 unspecified atom stereocenters. The maximum Gasteiger partial charge on any atom is 0.226 e. The van der Waals surface area contributed by atoms with Crippen LogP contribution in [0, 0.1) is 6.92 Å². The summed E-state index contributed by atoms with van der Waals surface area (Å²) in [4.78, 5) is 18.2. The Morgan fingerprint density at radius 3 is 2.86 bits per heavy atom. The zero-order valence-electron chi connectivity index (χ0n) is 11.9. The molecule has 5 nitrogen and oxygen atoms in total. The van der Waals surface area contributed by atoms with Gasteiger partial charge in [-0.1, -0.05) is 0 Å². The van der Waals surface area contributed by atoms with Gasteiger partial charge >= 0.3 is 0 Å². The predicted octanol–water partition coefficient (Wildman–Crippen LogP) is 2.49. The summed E-state index contributed by atoms with van der Waals surface area (Å²) in [6, 6.07) is 1.37. The third-order valence-electron chi connectivity index (χ3n) is 3.82. The first-order valence-corrected chi connectivity index (χ1v) is 7.95. The summed E-state index contributed by atoms with van der Waals surface area (Å²) in [6.07, 6.45) is 3.27. The first-order chi connectivity index (χ1) is 10.1. The Morgan fingerprint density at radius 1 is 1.48 bits per heavy atom. The molecule has 3 heterocycles. The van der Waals surface area contributed by atoms with Gasteiger partial charge < -0.3 is 9.52 Å². The van der Waals surface area contributed by atoms with E-state index in [4.69, 9.17) is 4.42 Å². The second-order valence-corrected chi connectivity index (χ2v) is 6.36. The van der Waals surface area contributed by atoms with Crippen molar-refractivity contribution in [2.24, 2.45) is 0 Å². The minimum atomic E-state index is -0.385. The monoisotopic (exact) mass is 306 g/mol. The number of nitrogens with zero attached hydrogens (tertiary/aromatic N) is 2. The number of piperidine rings is 1. The average molecular weight is 306 g/mol. The summed E-state index contributed by atoms with van der Waals surface area (Å²) in [7, 11) is 0. The molecule has 1 N–H and O–H groups in total. The van der Waals surface area contributed by atoms with Gasteiger partial charge in [-0.15, -0.1) is 11.3 Å². The van der Waals surface area contributed by atoms with Gasteiger partial charge in [0.2, 0.25) is 5.43 Å². The number of thiazole rings is 1. The smallest absolute Gasteiger partial charge is 0.226 e. The van der Waals surface area contributed by atoms with Crippen molar-refractivity contribution in [1.29, 1.82) is 0 Å². The molecule has 0 bridgehead atoms. The van der Waals surface area contributed by atoms with E-state index in [1.165, 1.54) is 11.1 Å².